The fourth-order valence-electron chi connectivity index (χ4n) is 4.60. The van der Waals surface area contributed by atoms with Crippen LogP contribution in [0.15, 0.2) is 60.9 Å². The number of imidazole rings is 1. The second-order valence-corrected chi connectivity index (χ2v) is 9.99. The zero-order chi connectivity index (χ0) is 26.3. The maximum Gasteiger partial charge on any atom is 0.219 e. The van der Waals surface area contributed by atoms with Crippen molar-refractivity contribution in [3.8, 4) is 11.5 Å². The lowest BCUT2D eigenvalue weighted by Gasteiger charge is -2.32. The summed E-state index contributed by atoms with van der Waals surface area (Å²) >= 11 is 0. The van der Waals surface area contributed by atoms with Crippen LogP contribution in [0, 0.1) is 13.8 Å². The van der Waals surface area contributed by atoms with Crippen LogP contribution in [0.5, 0.6) is 11.5 Å². The van der Waals surface area contributed by atoms with Crippen molar-refractivity contribution in [2.24, 2.45) is 0 Å². The van der Waals surface area contributed by atoms with Gasteiger partial charge in [-0.15, -0.1) is 0 Å². The van der Waals surface area contributed by atoms with E-state index in [9.17, 15) is 9.90 Å². The van der Waals surface area contributed by atoms with Crippen LogP contribution in [0.4, 0.5) is 0 Å². The molecule has 2 heterocycles. The van der Waals surface area contributed by atoms with Crippen molar-refractivity contribution in [3.63, 3.8) is 0 Å². The molecular weight excluding hydrogens is 468 g/mol. The first-order valence-corrected chi connectivity index (χ1v) is 12.9. The topological polar surface area (TPSA) is 80.1 Å². The number of hydrogen-bond donors (Lipinski definition) is 1. The summed E-state index contributed by atoms with van der Waals surface area (Å²) in [6, 6.07) is 15.9. The Bertz CT molecular complexity index is 1150. The molecule has 1 N–H and O–H groups in total. The maximum absolute atomic E-state index is 12.2. The number of carbonyl (C=O) groups excluding carboxylic acids is 1. The molecule has 1 saturated heterocycles. The van der Waals surface area contributed by atoms with Gasteiger partial charge in [-0.1, -0.05) is 29.8 Å². The molecule has 0 spiro atoms. The number of ether oxygens (including phenoxy) is 2. The van der Waals surface area contributed by atoms with Crippen molar-refractivity contribution < 1.29 is 19.4 Å². The van der Waals surface area contributed by atoms with Gasteiger partial charge in [0.05, 0.1) is 13.2 Å². The quantitative estimate of drug-likeness (QED) is 0.425. The predicted octanol–water partition coefficient (Wildman–Crippen LogP) is 3.44. The summed E-state index contributed by atoms with van der Waals surface area (Å²) in [6.07, 6.45) is 4.70. The lowest BCUT2D eigenvalue weighted by Crippen LogP contribution is -2.51. The Kier molecular flexibility index (Phi) is 8.84. The average molecular weight is 507 g/mol. The first-order valence-electron chi connectivity index (χ1n) is 12.9. The highest BCUT2D eigenvalue weighted by Gasteiger charge is 2.36. The summed E-state index contributed by atoms with van der Waals surface area (Å²) in [5, 5.41) is 11.5. The summed E-state index contributed by atoms with van der Waals surface area (Å²) < 4.78 is 14.0. The molecule has 0 unspecified atom stereocenters. The van der Waals surface area contributed by atoms with E-state index in [1.165, 1.54) is 0 Å². The second kappa shape index (κ2) is 12.3. The Labute approximate surface area is 219 Å². The van der Waals surface area contributed by atoms with E-state index >= 15 is 0 Å². The van der Waals surface area contributed by atoms with E-state index in [2.05, 4.69) is 26.6 Å². The monoisotopic (exact) mass is 506 g/mol. The van der Waals surface area contributed by atoms with E-state index in [0.29, 0.717) is 38.5 Å². The average Bonchev–Trinajstić information content (AvgIpc) is 3.20. The zero-order valence-corrected chi connectivity index (χ0v) is 22.1. The highest BCUT2D eigenvalue weighted by Crippen LogP contribution is 2.21. The molecule has 3 aromatic rings. The Morgan fingerprint density at radius 1 is 1.00 bits per heavy atom. The van der Waals surface area contributed by atoms with Gasteiger partial charge in [-0.05, 0) is 50.1 Å². The SMILES string of the molecule is CC(=O)N1CCN(Cc2ccc(OCCCn3ccnc3C)cc2)C[C@](O)(COc2ccc(C)cc2)C1. The molecular formula is C29H38N4O4. The van der Waals surface area contributed by atoms with E-state index in [1.54, 1.807) is 11.8 Å². The van der Waals surface area contributed by atoms with E-state index in [0.717, 1.165) is 35.7 Å². The molecule has 1 amide bonds. The maximum atomic E-state index is 12.2. The molecule has 8 nitrogen and oxygen atoms in total. The molecule has 1 aliphatic heterocycles. The third-order valence-electron chi connectivity index (χ3n) is 6.73. The van der Waals surface area contributed by atoms with Crippen LogP contribution in [0.2, 0.25) is 0 Å². The normalized spacial score (nSPS) is 18.4. The number of aryl methyl sites for hydroxylation is 3. The van der Waals surface area contributed by atoms with Crippen LogP contribution in [0.3, 0.4) is 0 Å². The van der Waals surface area contributed by atoms with Crippen LogP contribution in [0.1, 0.15) is 30.3 Å². The third kappa shape index (κ3) is 7.81. The number of nitrogens with zero attached hydrogens (tertiary/aromatic N) is 4. The second-order valence-electron chi connectivity index (χ2n) is 9.99. The molecule has 37 heavy (non-hydrogen) atoms. The minimum Gasteiger partial charge on any atom is -0.494 e. The molecule has 0 radical (unpaired) electrons. The van der Waals surface area contributed by atoms with Gasteiger partial charge in [0, 0.05) is 52.0 Å². The van der Waals surface area contributed by atoms with E-state index in [4.69, 9.17) is 9.47 Å². The Hall–Kier alpha value is -3.36. The molecule has 1 aliphatic rings. The fraction of sp³-hybridized carbons (Fsp3) is 0.448. The Morgan fingerprint density at radius 2 is 1.70 bits per heavy atom. The zero-order valence-electron chi connectivity index (χ0n) is 22.1. The minimum atomic E-state index is -1.18. The first-order chi connectivity index (χ1) is 17.8. The summed E-state index contributed by atoms with van der Waals surface area (Å²) in [4.78, 5) is 20.3. The van der Waals surface area contributed by atoms with Gasteiger partial charge in [-0.2, -0.15) is 0 Å². The summed E-state index contributed by atoms with van der Waals surface area (Å²) in [6.45, 7) is 9.77. The molecule has 198 valence electrons. The molecule has 1 aromatic heterocycles. The largest absolute Gasteiger partial charge is 0.494 e. The smallest absolute Gasteiger partial charge is 0.219 e. The number of hydrogen-bond acceptors (Lipinski definition) is 6. The van der Waals surface area contributed by atoms with Crippen molar-refractivity contribution >= 4 is 5.91 Å². The van der Waals surface area contributed by atoms with Crippen molar-refractivity contribution in [2.45, 2.75) is 45.9 Å². The van der Waals surface area contributed by atoms with Crippen LogP contribution in [0.25, 0.3) is 0 Å². The van der Waals surface area contributed by atoms with Crippen LogP contribution in [-0.4, -0.2) is 75.4 Å². The molecule has 0 aliphatic carbocycles. The number of aliphatic hydroxyl groups is 1. The van der Waals surface area contributed by atoms with E-state index < -0.39 is 5.60 Å². The lowest BCUT2D eigenvalue weighted by atomic mass is 10.0. The van der Waals surface area contributed by atoms with Crippen molar-refractivity contribution in [1.82, 2.24) is 19.4 Å². The van der Waals surface area contributed by atoms with Gasteiger partial charge in [0.1, 0.15) is 29.5 Å². The van der Waals surface area contributed by atoms with Gasteiger partial charge < -0.3 is 24.0 Å². The summed E-state index contributed by atoms with van der Waals surface area (Å²) in [5.41, 5.74) is 1.10. The number of amides is 1. The standard InChI is InChI=1S/C29H38N4O4/c1-23-5-9-28(10-6-23)37-22-29(35)20-31(16-17-33(21-29)25(3)34)19-26-7-11-27(12-8-26)36-18-4-14-32-15-13-30-24(32)2/h5-13,15,35H,4,14,16-22H2,1-3H3/t29-/m1/s1. The molecule has 1 fully saturated rings. The van der Waals surface area contributed by atoms with Gasteiger partial charge >= 0.3 is 0 Å². The minimum absolute atomic E-state index is 0.0414. The van der Waals surface area contributed by atoms with E-state index in [-0.39, 0.29) is 19.1 Å². The third-order valence-corrected chi connectivity index (χ3v) is 6.73. The number of β-amino-alcohol motifs (C(OH)–C–C–N with tert-alkyl or cyclic N) is 1. The summed E-state index contributed by atoms with van der Waals surface area (Å²) in [7, 11) is 0. The number of rotatable bonds is 10. The Balaban J connectivity index is 1.32. The van der Waals surface area contributed by atoms with Crippen molar-refractivity contribution in [3.05, 3.63) is 77.9 Å². The van der Waals surface area contributed by atoms with Crippen LogP contribution in [-0.2, 0) is 17.9 Å². The lowest BCUT2D eigenvalue weighted by molar-refractivity contribution is -0.132. The molecule has 2 aromatic carbocycles. The highest BCUT2D eigenvalue weighted by atomic mass is 16.5. The van der Waals surface area contributed by atoms with Crippen LogP contribution < -0.4 is 9.47 Å². The molecule has 0 bridgehead atoms. The Morgan fingerprint density at radius 3 is 2.38 bits per heavy atom. The van der Waals surface area contributed by atoms with Crippen LogP contribution >= 0.6 is 0 Å². The van der Waals surface area contributed by atoms with Gasteiger partial charge in [0.2, 0.25) is 5.91 Å². The number of carbonyl (C=O) groups is 1. The number of benzene rings is 2. The molecule has 8 heteroatoms. The first kappa shape index (κ1) is 26.7. The van der Waals surface area contributed by atoms with Gasteiger partial charge in [-0.3, -0.25) is 9.69 Å². The van der Waals surface area contributed by atoms with E-state index in [1.807, 2.05) is 62.6 Å². The molecule has 0 saturated carbocycles. The fourth-order valence-corrected chi connectivity index (χ4v) is 4.60. The van der Waals surface area contributed by atoms with Crippen molar-refractivity contribution in [2.75, 3.05) is 39.4 Å². The predicted molar refractivity (Wildman–Crippen MR) is 143 cm³/mol. The molecule has 4 rings (SSSR count). The van der Waals surface area contributed by atoms with Gasteiger partial charge in [0.15, 0.2) is 0 Å². The molecule has 1 atom stereocenters. The van der Waals surface area contributed by atoms with Gasteiger partial charge in [-0.25, -0.2) is 4.98 Å². The number of aromatic nitrogens is 2. The van der Waals surface area contributed by atoms with Gasteiger partial charge in [0.25, 0.3) is 0 Å². The summed E-state index contributed by atoms with van der Waals surface area (Å²) in [5.74, 6) is 2.52. The highest BCUT2D eigenvalue weighted by molar-refractivity contribution is 5.73. The van der Waals surface area contributed by atoms with Crippen molar-refractivity contribution in [1.29, 1.82) is 0 Å².